The molecule has 114 valence electrons. The lowest BCUT2D eigenvalue weighted by Gasteiger charge is -2.27. The molecule has 0 aliphatic carbocycles. The monoisotopic (exact) mass is 308 g/mol. The van der Waals surface area contributed by atoms with Crippen molar-refractivity contribution in [2.75, 3.05) is 18.1 Å². The largest absolute Gasteiger partial charge is 0.478 e. The molecule has 1 atom stereocenters. The Hall–Kier alpha value is -1.69. The Morgan fingerprint density at radius 2 is 2.05 bits per heavy atom. The van der Waals surface area contributed by atoms with E-state index >= 15 is 0 Å². The Kier molecular flexibility index (Phi) is 5.50. The number of hydrogen-bond donors (Lipinski definition) is 2. The number of amides is 2. The summed E-state index contributed by atoms with van der Waals surface area (Å²) < 4.78 is 0. The highest BCUT2D eigenvalue weighted by Crippen LogP contribution is 2.16. The highest BCUT2D eigenvalue weighted by molar-refractivity contribution is 7.99. The van der Waals surface area contributed by atoms with Crippen LogP contribution in [-0.2, 0) is 6.54 Å². The van der Waals surface area contributed by atoms with E-state index in [1.165, 1.54) is 0 Å². The molecule has 2 rings (SSSR count). The number of benzene rings is 1. The van der Waals surface area contributed by atoms with Gasteiger partial charge in [0.25, 0.3) is 0 Å². The molecule has 1 saturated heterocycles. The first-order valence-electron chi connectivity index (χ1n) is 7.02. The minimum Gasteiger partial charge on any atom is -0.478 e. The zero-order valence-electron chi connectivity index (χ0n) is 12.0. The lowest BCUT2D eigenvalue weighted by Crippen LogP contribution is -2.45. The lowest BCUT2D eigenvalue weighted by atomic mass is 10.1. The molecule has 0 radical (unpaired) electrons. The molecule has 1 aliphatic rings. The summed E-state index contributed by atoms with van der Waals surface area (Å²) in [6, 6.07) is 6.77. The van der Waals surface area contributed by atoms with E-state index in [0.717, 1.165) is 30.0 Å². The number of thioether (sulfide) groups is 1. The van der Waals surface area contributed by atoms with Gasteiger partial charge in [0.15, 0.2) is 0 Å². The van der Waals surface area contributed by atoms with Crippen LogP contribution in [0.2, 0.25) is 0 Å². The van der Waals surface area contributed by atoms with Crippen LogP contribution < -0.4 is 5.32 Å². The summed E-state index contributed by atoms with van der Waals surface area (Å²) in [6.07, 6.45) is 1.02. The maximum Gasteiger partial charge on any atom is 0.335 e. The minimum atomic E-state index is -0.943. The van der Waals surface area contributed by atoms with Gasteiger partial charge in [-0.15, -0.1) is 0 Å². The van der Waals surface area contributed by atoms with E-state index in [4.69, 9.17) is 5.11 Å². The van der Waals surface area contributed by atoms with E-state index < -0.39 is 5.97 Å². The molecule has 1 aliphatic heterocycles. The van der Waals surface area contributed by atoms with Gasteiger partial charge in [0.05, 0.1) is 5.56 Å². The highest BCUT2D eigenvalue weighted by atomic mass is 32.2. The van der Waals surface area contributed by atoms with Crippen LogP contribution in [0.4, 0.5) is 4.79 Å². The normalized spacial score (nSPS) is 18.9. The van der Waals surface area contributed by atoms with Crippen molar-refractivity contribution in [1.82, 2.24) is 10.2 Å². The first-order chi connectivity index (χ1) is 10.1. The summed E-state index contributed by atoms with van der Waals surface area (Å²) >= 11 is 1.88. The summed E-state index contributed by atoms with van der Waals surface area (Å²) in [5.74, 6) is 1.13. The molecular weight excluding hydrogens is 288 g/mol. The molecule has 21 heavy (non-hydrogen) atoms. The number of carboxylic acid groups (broad SMARTS) is 1. The number of nitrogens with one attached hydrogen (secondary N) is 1. The standard InChI is InChI=1S/C15H20N2O3S/c1-11-6-8-21-9-7-17(11)15(20)16-10-12-2-4-13(5-3-12)14(18)19/h2-5,11H,6-10H2,1H3,(H,16,20)(H,18,19). The van der Waals surface area contributed by atoms with Crippen LogP contribution in [-0.4, -0.2) is 46.1 Å². The third-order valence-corrected chi connectivity index (χ3v) is 4.59. The summed E-state index contributed by atoms with van der Waals surface area (Å²) in [4.78, 5) is 24.9. The van der Waals surface area contributed by atoms with E-state index in [0.29, 0.717) is 6.54 Å². The number of nitrogens with zero attached hydrogens (tertiary/aromatic N) is 1. The van der Waals surface area contributed by atoms with E-state index in [-0.39, 0.29) is 17.6 Å². The smallest absolute Gasteiger partial charge is 0.335 e. The molecule has 1 aromatic carbocycles. The van der Waals surface area contributed by atoms with Gasteiger partial charge in [-0.1, -0.05) is 12.1 Å². The number of aromatic carboxylic acids is 1. The van der Waals surface area contributed by atoms with Crippen LogP contribution in [0.3, 0.4) is 0 Å². The third-order valence-electron chi connectivity index (χ3n) is 3.59. The Balaban J connectivity index is 1.89. The van der Waals surface area contributed by atoms with Gasteiger partial charge in [-0.3, -0.25) is 0 Å². The van der Waals surface area contributed by atoms with Crippen molar-refractivity contribution >= 4 is 23.8 Å². The summed E-state index contributed by atoms with van der Waals surface area (Å²) in [6.45, 7) is 3.26. The predicted molar refractivity (Wildman–Crippen MR) is 83.7 cm³/mol. The van der Waals surface area contributed by atoms with Crippen molar-refractivity contribution in [2.45, 2.75) is 25.9 Å². The zero-order chi connectivity index (χ0) is 15.2. The van der Waals surface area contributed by atoms with E-state index in [9.17, 15) is 9.59 Å². The molecule has 6 heteroatoms. The number of carboxylic acids is 1. The second-order valence-electron chi connectivity index (χ2n) is 5.10. The van der Waals surface area contributed by atoms with Crippen LogP contribution in [0.1, 0.15) is 29.3 Å². The second kappa shape index (κ2) is 7.36. The average molecular weight is 308 g/mol. The fraction of sp³-hybridized carbons (Fsp3) is 0.467. The lowest BCUT2D eigenvalue weighted by molar-refractivity contribution is 0.0697. The van der Waals surface area contributed by atoms with Crippen LogP contribution >= 0.6 is 11.8 Å². The molecule has 0 saturated carbocycles. The summed E-state index contributed by atoms with van der Waals surface area (Å²) in [5, 5.41) is 11.7. The Morgan fingerprint density at radius 3 is 2.71 bits per heavy atom. The first kappa shape index (κ1) is 15.7. The van der Waals surface area contributed by atoms with Crippen molar-refractivity contribution in [3.05, 3.63) is 35.4 Å². The maximum absolute atomic E-state index is 12.2. The second-order valence-corrected chi connectivity index (χ2v) is 6.33. The van der Waals surface area contributed by atoms with Gasteiger partial charge in [-0.05, 0) is 36.8 Å². The minimum absolute atomic E-state index is 0.0488. The summed E-state index contributed by atoms with van der Waals surface area (Å²) in [7, 11) is 0. The molecule has 0 aromatic heterocycles. The SMILES string of the molecule is CC1CCSCCN1C(=O)NCc1ccc(C(=O)O)cc1. The molecule has 0 bridgehead atoms. The van der Waals surface area contributed by atoms with Gasteiger partial charge >= 0.3 is 12.0 Å². The maximum atomic E-state index is 12.2. The molecular formula is C15H20N2O3S. The Bertz CT molecular complexity index is 504. The number of hydrogen-bond acceptors (Lipinski definition) is 3. The van der Waals surface area contributed by atoms with Gasteiger partial charge in [-0.2, -0.15) is 11.8 Å². The zero-order valence-corrected chi connectivity index (χ0v) is 12.9. The quantitative estimate of drug-likeness (QED) is 0.900. The van der Waals surface area contributed by atoms with Crippen molar-refractivity contribution < 1.29 is 14.7 Å². The van der Waals surface area contributed by atoms with Crippen molar-refractivity contribution in [2.24, 2.45) is 0 Å². The molecule has 1 fully saturated rings. The Morgan fingerprint density at radius 1 is 1.33 bits per heavy atom. The topological polar surface area (TPSA) is 69.6 Å². The van der Waals surface area contributed by atoms with Crippen LogP contribution in [0, 0.1) is 0 Å². The van der Waals surface area contributed by atoms with Gasteiger partial charge in [0.1, 0.15) is 0 Å². The molecule has 2 amide bonds. The van der Waals surface area contributed by atoms with Gasteiger partial charge in [-0.25, -0.2) is 9.59 Å². The molecule has 1 aromatic rings. The van der Waals surface area contributed by atoms with Crippen molar-refractivity contribution in [3.63, 3.8) is 0 Å². The van der Waals surface area contributed by atoms with E-state index in [2.05, 4.69) is 12.2 Å². The van der Waals surface area contributed by atoms with E-state index in [1.807, 2.05) is 16.7 Å². The molecule has 2 N–H and O–H groups in total. The predicted octanol–water partition coefficient (Wildman–Crippen LogP) is 2.42. The van der Waals surface area contributed by atoms with Crippen LogP contribution in [0.15, 0.2) is 24.3 Å². The number of rotatable bonds is 3. The first-order valence-corrected chi connectivity index (χ1v) is 8.18. The average Bonchev–Trinajstić information content (AvgIpc) is 2.70. The van der Waals surface area contributed by atoms with Crippen LogP contribution in [0.25, 0.3) is 0 Å². The van der Waals surface area contributed by atoms with Crippen molar-refractivity contribution in [1.29, 1.82) is 0 Å². The number of urea groups is 1. The van der Waals surface area contributed by atoms with Gasteiger partial charge < -0.3 is 15.3 Å². The fourth-order valence-corrected chi connectivity index (χ4v) is 3.28. The molecule has 0 spiro atoms. The number of carbonyl (C=O) groups is 2. The van der Waals surface area contributed by atoms with Crippen molar-refractivity contribution in [3.8, 4) is 0 Å². The van der Waals surface area contributed by atoms with E-state index in [1.54, 1.807) is 24.3 Å². The third kappa shape index (κ3) is 4.39. The Labute approximate surface area is 128 Å². The van der Waals surface area contributed by atoms with Crippen LogP contribution in [0.5, 0.6) is 0 Å². The fourth-order valence-electron chi connectivity index (χ4n) is 2.24. The molecule has 1 heterocycles. The molecule has 1 unspecified atom stereocenters. The van der Waals surface area contributed by atoms with Gasteiger partial charge in [0, 0.05) is 24.9 Å². The summed E-state index contributed by atoms with van der Waals surface area (Å²) in [5.41, 5.74) is 1.15. The molecule has 5 nitrogen and oxygen atoms in total. The number of carbonyl (C=O) groups excluding carboxylic acids is 1. The van der Waals surface area contributed by atoms with Gasteiger partial charge in [0.2, 0.25) is 0 Å². The highest BCUT2D eigenvalue weighted by Gasteiger charge is 2.21.